The summed E-state index contributed by atoms with van der Waals surface area (Å²) in [6.07, 6.45) is 1.33. The number of nitrogens with zero attached hydrogens (tertiary/aromatic N) is 1. The molecular formula is C20H18ClN3O3. The van der Waals surface area contributed by atoms with Gasteiger partial charge >= 0.3 is 5.97 Å². The van der Waals surface area contributed by atoms with Crippen LogP contribution in [0, 0.1) is 18.3 Å². The molecule has 2 rings (SSSR count). The average molecular weight is 384 g/mol. The third-order valence-corrected chi connectivity index (χ3v) is 3.81. The molecule has 0 aromatic heterocycles. The van der Waals surface area contributed by atoms with Gasteiger partial charge in [0.15, 0.2) is 0 Å². The Kier molecular flexibility index (Phi) is 6.98. The Labute approximate surface area is 162 Å². The fourth-order valence-corrected chi connectivity index (χ4v) is 2.42. The van der Waals surface area contributed by atoms with Crippen LogP contribution in [0.15, 0.2) is 54.2 Å². The van der Waals surface area contributed by atoms with Gasteiger partial charge < -0.3 is 15.4 Å². The van der Waals surface area contributed by atoms with Crippen molar-refractivity contribution >= 4 is 34.9 Å². The molecule has 27 heavy (non-hydrogen) atoms. The van der Waals surface area contributed by atoms with E-state index < -0.39 is 11.9 Å². The number of carbonyl (C=O) groups is 2. The minimum absolute atomic E-state index is 0.0983. The van der Waals surface area contributed by atoms with Crippen LogP contribution in [0.5, 0.6) is 0 Å². The highest BCUT2D eigenvalue weighted by Crippen LogP contribution is 2.20. The molecule has 138 valence electrons. The summed E-state index contributed by atoms with van der Waals surface area (Å²) in [5.41, 5.74) is 2.35. The Bertz CT molecular complexity index is 915. The van der Waals surface area contributed by atoms with E-state index in [1.807, 2.05) is 13.0 Å². The summed E-state index contributed by atoms with van der Waals surface area (Å²) in [7, 11) is 0. The largest absolute Gasteiger partial charge is 0.462 e. The van der Waals surface area contributed by atoms with E-state index in [1.165, 1.54) is 6.20 Å². The fraction of sp³-hybridized carbons (Fsp3) is 0.150. The van der Waals surface area contributed by atoms with Gasteiger partial charge in [-0.2, -0.15) is 5.26 Å². The Morgan fingerprint density at radius 1 is 1.22 bits per heavy atom. The second-order valence-electron chi connectivity index (χ2n) is 5.53. The summed E-state index contributed by atoms with van der Waals surface area (Å²) in [5, 5.41) is 15.4. The van der Waals surface area contributed by atoms with E-state index in [9.17, 15) is 14.9 Å². The monoisotopic (exact) mass is 383 g/mol. The Hall–Kier alpha value is -3.30. The molecule has 0 unspecified atom stereocenters. The molecule has 1 amide bonds. The number of esters is 1. The minimum Gasteiger partial charge on any atom is -0.462 e. The Morgan fingerprint density at radius 3 is 2.52 bits per heavy atom. The average Bonchev–Trinajstić information content (AvgIpc) is 2.64. The summed E-state index contributed by atoms with van der Waals surface area (Å²) in [4.78, 5) is 23.9. The molecule has 0 aliphatic rings. The van der Waals surface area contributed by atoms with Gasteiger partial charge in [0.25, 0.3) is 5.91 Å². The van der Waals surface area contributed by atoms with Crippen molar-refractivity contribution in [3.8, 4) is 6.07 Å². The number of halogens is 1. The van der Waals surface area contributed by atoms with Crippen LogP contribution in [0.3, 0.4) is 0 Å². The highest BCUT2D eigenvalue weighted by Gasteiger charge is 2.11. The maximum atomic E-state index is 12.3. The topological polar surface area (TPSA) is 91.2 Å². The number of hydrogen-bond acceptors (Lipinski definition) is 5. The first-order valence-electron chi connectivity index (χ1n) is 8.16. The van der Waals surface area contributed by atoms with Crippen molar-refractivity contribution in [2.75, 3.05) is 17.2 Å². The molecule has 0 saturated heterocycles. The molecule has 0 atom stereocenters. The van der Waals surface area contributed by atoms with E-state index in [1.54, 1.807) is 49.4 Å². The first-order chi connectivity index (χ1) is 12.9. The standard InChI is InChI=1S/C20H18ClN3O3/c1-3-27-20(26)14-4-7-17(8-5-14)24-19(25)15(11-22)12-23-18-9-6-16(21)10-13(18)2/h4-10,12,23H,3H2,1-2H3,(H,24,25)/b15-12-. The predicted molar refractivity (Wildman–Crippen MR) is 105 cm³/mol. The van der Waals surface area contributed by atoms with Gasteiger partial charge in [-0.25, -0.2) is 4.79 Å². The lowest BCUT2D eigenvalue weighted by Gasteiger charge is -2.08. The number of amides is 1. The zero-order chi connectivity index (χ0) is 19.8. The number of anilines is 2. The highest BCUT2D eigenvalue weighted by molar-refractivity contribution is 6.30. The number of aryl methyl sites for hydroxylation is 1. The Morgan fingerprint density at radius 2 is 1.93 bits per heavy atom. The van der Waals surface area contributed by atoms with Gasteiger partial charge in [-0.05, 0) is 61.9 Å². The van der Waals surface area contributed by atoms with Gasteiger partial charge in [0, 0.05) is 22.6 Å². The van der Waals surface area contributed by atoms with Crippen LogP contribution in [-0.4, -0.2) is 18.5 Å². The summed E-state index contributed by atoms with van der Waals surface area (Å²) < 4.78 is 4.90. The van der Waals surface area contributed by atoms with E-state index in [0.717, 1.165) is 11.3 Å². The normalized spacial score (nSPS) is 10.7. The van der Waals surface area contributed by atoms with Gasteiger partial charge in [0.05, 0.1) is 12.2 Å². The number of benzene rings is 2. The first-order valence-corrected chi connectivity index (χ1v) is 8.54. The van der Waals surface area contributed by atoms with Gasteiger partial charge in [0.2, 0.25) is 0 Å². The van der Waals surface area contributed by atoms with Gasteiger partial charge in [-0.15, -0.1) is 0 Å². The molecule has 0 bridgehead atoms. The molecule has 0 heterocycles. The molecule has 0 aliphatic carbocycles. The predicted octanol–water partition coefficient (Wildman–Crippen LogP) is 4.28. The first kappa shape index (κ1) is 20.0. The lowest BCUT2D eigenvalue weighted by Crippen LogP contribution is -2.15. The molecule has 2 aromatic carbocycles. The summed E-state index contributed by atoms with van der Waals surface area (Å²) >= 11 is 5.91. The minimum atomic E-state index is -0.569. The van der Waals surface area contributed by atoms with Gasteiger partial charge in [-0.1, -0.05) is 11.6 Å². The third-order valence-electron chi connectivity index (χ3n) is 3.58. The number of nitrogens with one attached hydrogen (secondary N) is 2. The SMILES string of the molecule is CCOC(=O)c1ccc(NC(=O)/C(C#N)=C\Nc2ccc(Cl)cc2C)cc1. The molecule has 0 fully saturated rings. The maximum Gasteiger partial charge on any atom is 0.338 e. The second-order valence-corrected chi connectivity index (χ2v) is 5.96. The van der Waals surface area contributed by atoms with Crippen LogP contribution >= 0.6 is 11.6 Å². The lowest BCUT2D eigenvalue weighted by molar-refractivity contribution is -0.112. The fourth-order valence-electron chi connectivity index (χ4n) is 2.19. The molecule has 0 aliphatic heterocycles. The Balaban J connectivity index is 2.06. The molecule has 0 spiro atoms. The van der Waals surface area contributed by atoms with E-state index in [-0.39, 0.29) is 12.2 Å². The molecule has 2 N–H and O–H groups in total. The number of ether oxygens (including phenoxy) is 1. The second kappa shape index (κ2) is 9.41. The molecule has 7 heteroatoms. The quantitative estimate of drug-likeness (QED) is 0.441. The van der Waals surface area contributed by atoms with Crippen molar-refractivity contribution in [2.45, 2.75) is 13.8 Å². The van der Waals surface area contributed by atoms with Crippen LogP contribution in [-0.2, 0) is 9.53 Å². The number of rotatable bonds is 6. The smallest absolute Gasteiger partial charge is 0.338 e. The zero-order valence-corrected chi connectivity index (χ0v) is 15.6. The molecule has 0 radical (unpaired) electrons. The van der Waals surface area contributed by atoms with Crippen molar-refractivity contribution in [3.05, 3.63) is 70.4 Å². The van der Waals surface area contributed by atoms with Crippen molar-refractivity contribution in [3.63, 3.8) is 0 Å². The summed E-state index contributed by atoms with van der Waals surface area (Å²) in [6, 6.07) is 13.3. The molecule has 0 saturated carbocycles. The van der Waals surface area contributed by atoms with E-state index in [2.05, 4.69) is 10.6 Å². The number of hydrogen-bond donors (Lipinski definition) is 2. The van der Waals surface area contributed by atoms with Crippen molar-refractivity contribution in [1.82, 2.24) is 0 Å². The van der Waals surface area contributed by atoms with Crippen molar-refractivity contribution < 1.29 is 14.3 Å². The van der Waals surface area contributed by atoms with Gasteiger partial charge in [0.1, 0.15) is 11.6 Å². The molecule has 6 nitrogen and oxygen atoms in total. The molecule has 2 aromatic rings. The summed E-state index contributed by atoms with van der Waals surface area (Å²) in [5.74, 6) is -1.00. The molecular weight excluding hydrogens is 366 g/mol. The van der Waals surface area contributed by atoms with Gasteiger partial charge in [-0.3, -0.25) is 4.79 Å². The van der Waals surface area contributed by atoms with Crippen LogP contribution in [0.2, 0.25) is 5.02 Å². The van der Waals surface area contributed by atoms with E-state index in [4.69, 9.17) is 16.3 Å². The zero-order valence-electron chi connectivity index (χ0n) is 14.9. The van der Waals surface area contributed by atoms with Crippen molar-refractivity contribution in [2.24, 2.45) is 0 Å². The maximum absolute atomic E-state index is 12.3. The van der Waals surface area contributed by atoms with Crippen LogP contribution in [0.1, 0.15) is 22.8 Å². The highest BCUT2D eigenvalue weighted by atomic mass is 35.5. The lowest BCUT2D eigenvalue weighted by atomic mass is 10.2. The van der Waals surface area contributed by atoms with Crippen molar-refractivity contribution in [1.29, 1.82) is 5.26 Å². The van der Waals surface area contributed by atoms with E-state index >= 15 is 0 Å². The summed E-state index contributed by atoms with van der Waals surface area (Å²) in [6.45, 7) is 3.87. The third kappa shape index (κ3) is 5.59. The number of nitriles is 1. The van der Waals surface area contributed by atoms with Crippen LogP contribution in [0.25, 0.3) is 0 Å². The van der Waals surface area contributed by atoms with E-state index in [0.29, 0.717) is 16.3 Å². The number of carbonyl (C=O) groups excluding carboxylic acids is 2. The van der Waals surface area contributed by atoms with Crippen LogP contribution < -0.4 is 10.6 Å². The van der Waals surface area contributed by atoms with Crippen LogP contribution in [0.4, 0.5) is 11.4 Å².